The van der Waals surface area contributed by atoms with E-state index in [4.69, 9.17) is 4.52 Å². The Labute approximate surface area is 64.0 Å². The van der Waals surface area contributed by atoms with Crippen LogP contribution in [0.4, 0.5) is 0 Å². The molecule has 0 aliphatic rings. The SMILES string of the molecule is CCc1ccnc2nocc12. The van der Waals surface area contributed by atoms with Gasteiger partial charge in [0.15, 0.2) is 0 Å². The summed E-state index contributed by atoms with van der Waals surface area (Å²) in [6, 6.07) is 1.99. The molecule has 3 heteroatoms. The number of nitrogens with zero attached hydrogens (tertiary/aromatic N) is 2. The standard InChI is InChI=1S/C8H8N2O/c1-2-6-3-4-9-8-7(6)5-11-10-8/h3-5H,2H2,1H3. The summed E-state index contributed by atoms with van der Waals surface area (Å²) in [5.41, 5.74) is 1.93. The molecule has 0 atom stereocenters. The molecule has 0 N–H and O–H groups in total. The molecule has 2 aromatic heterocycles. The second-order valence-electron chi connectivity index (χ2n) is 2.38. The van der Waals surface area contributed by atoms with Crippen molar-refractivity contribution < 1.29 is 4.52 Å². The Balaban J connectivity index is 2.79. The van der Waals surface area contributed by atoms with Crippen LogP contribution in [0.3, 0.4) is 0 Å². The largest absolute Gasteiger partial charge is 0.362 e. The third-order valence-electron chi connectivity index (χ3n) is 1.75. The number of hydrogen-bond donors (Lipinski definition) is 0. The highest BCUT2D eigenvalue weighted by molar-refractivity contribution is 5.76. The van der Waals surface area contributed by atoms with Crippen LogP contribution < -0.4 is 0 Å². The lowest BCUT2D eigenvalue weighted by Crippen LogP contribution is -1.82. The summed E-state index contributed by atoms with van der Waals surface area (Å²) in [4.78, 5) is 4.04. The molecule has 0 aliphatic carbocycles. The molecule has 0 unspecified atom stereocenters. The van der Waals surface area contributed by atoms with Gasteiger partial charge in [-0.05, 0) is 18.1 Å². The van der Waals surface area contributed by atoms with Crippen LogP contribution in [-0.4, -0.2) is 10.1 Å². The van der Waals surface area contributed by atoms with Gasteiger partial charge in [0.25, 0.3) is 0 Å². The Hall–Kier alpha value is -1.38. The average molecular weight is 148 g/mol. The molecular weight excluding hydrogens is 140 g/mol. The van der Waals surface area contributed by atoms with Crippen LogP contribution in [0.25, 0.3) is 11.0 Å². The van der Waals surface area contributed by atoms with Crippen molar-refractivity contribution in [1.29, 1.82) is 0 Å². The Morgan fingerprint density at radius 1 is 1.55 bits per heavy atom. The van der Waals surface area contributed by atoms with Crippen LogP contribution in [0.5, 0.6) is 0 Å². The molecule has 0 radical (unpaired) electrons. The molecule has 2 aromatic rings. The predicted octanol–water partition coefficient (Wildman–Crippen LogP) is 1.79. The fraction of sp³-hybridized carbons (Fsp3) is 0.250. The van der Waals surface area contributed by atoms with E-state index in [1.165, 1.54) is 5.56 Å². The first kappa shape index (κ1) is 6.34. The van der Waals surface area contributed by atoms with E-state index in [1.54, 1.807) is 12.5 Å². The van der Waals surface area contributed by atoms with Gasteiger partial charge in [0, 0.05) is 6.20 Å². The molecule has 0 fully saturated rings. The van der Waals surface area contributed by atoms with E-state index in [1.807, 2.05) is 6.07 Å². The number of aromatic nitrogens is 2. The molecule has 0 amide bonds. The van der Waals surface area contributed by atoms with E-state index in [-0.39, 0.29) is 0 Å². The molecule has 2 heterocycles. The van der Waals surface area contributed by atoms with E-state index in [0.29, 0.717) is 5.65 Å². The van der Waals surface area contributed by atoms with E-state index in [0.717, 1.165) is 11.8 Å². The summed E-state index contributed by atoms with van der Waals surface area (Å²) in [5.74, 6) is 0. The van der Waals surface area contributed by atoms with Gasteiger partial charge in [-0.3, -0.25) is 0 Å². The predicted molar refractivity (Wildman–Crippen MR) is 41.2 cm³/mol. The van der Waals surface area contributed by atoms with E-state index >= 15 is 0 Å². The van der Waals surface area contributed by atoms with Gasteiger partial charge in [-0.25, -0.2) is 4.98 Å². The molecule has 56 valence electrons. The van der Waals surface area contributed by atoms with Crippen molar-refractivity contribution in [1.82, 2.24) is 10.1 Å². The Bertz CT molecular complexity index is 367. The van der Waals surface area contributed by atoms with E-state index < -0.39 is 0 Å². The van der Waals surface area contributed by atoms with Crippen molar-refractivity contribution in [2.24, 2.45) is 0 Å². The first-order chi connectivity index (χ1) is 5.42. The minimum atomic E-state index is 0.698. The van der Waals surface area contributed by atoms with Crippen LogP contribution in [0.15, 0.2) is 23.0 Å². The molecule has 0 saturated heterocycles. The zero-order chi connectivity index (χ0) is 7.68. The maximum absolute atomic E-state index is 4.79. The van der Waals surface area contributed by atoms with Crippen LogP contribution in [0.1, 0.15) is 12.5 Å². The van der Waals surface area contributed by atoms with Crippen molar-refractivity contribution in [3.05, 3.63) is 24.1 Å². The zero-order valence-corrected chi connectivity index (χ0v) is 6.24. The van der Waals surface area contributed by atoms with Gasteiger partial charge in [-0.1, -0.05) is 12.1 Å². The monoisotopic (exact) mass is 148 g/mol. The third-order valence-corrected chi connectivity index (χ3v) is 1.75. The van der Waals surface area contributed by atoms with Crippen molar-refractivity contribution in [3.63, 3.8) is 0 Å². The zero-order valence-electron chi connectivity index (χ0n) is 6.24. The lowest BCUT2D eigenvalue weighted by Gasteiger charge is -1.93. The lowest BCUT2D eigenvalue weighted by atomic mass is 10.1. The highest BCUT2D eigenvalue weighted by Crippen LogP contribution is 2.14. The van der Waals surface area contributed by atoms with E-state index in [2.05, 4.69) is 17.1 Å². The fourth-order valence-corrected chi connectivity index (χ4v) is 1.14. The Morgan fingerprint density at radius 3 is 3.27 bits per heavy atom. The third kappa shape index (κ3) is 0.888. The highest BCUT2D eigenvalue weighted by Gasteiger charge is 2.01. The van der Waals surface area contributed by atoms with Gasteiger partial charge in [0.2, 0.25) is 5.65 Å². The van der Waals surface area contributed by atoms with Gasteiger partial charge in [-0.15, -0.1) is 0 Å². The summed E-state index contributed by atoms with van der Waals surface area (Å²) in [6.07, 6.45) is 4.38. The highest BCUT2D eigenvalue weighted by atomic mass is 16.5. The molecule has 0 aromatic carbocycles. The van der Waals surface area contributed by atoms with Crippen molar-refractivity contribution in [3.8, 4) is 0 Å². The molecular formula is C8H8N2O. The average Bonchev–Trinajstić information content (AvgIpc) is 2.50. The molecule has 0 aliphatic heterocycles. The minimum Gasteiger partial charge on any atom is -0.362 e. The van der Waals surface area contributed by atoms with Crippen LogP contribution in [-0.2, 0) is 6.42 Å². The van der Waals surface area contributed by atoms with Gasteiger partial charge in [-0.2, -0.15) is 0 Å². The first-order valence-electron chi connectivity index (χ1n) is 3.60. The van der Waals surface area contributed by atoms with Crippen LogP contribution >= 0.6 is 0 Å². The van der Waals surface area contributed by atoms with Gasteiger partial charge < -0.3 is 4.52 Å². The molecule has 0 spiro atoms. The Kier molecular flexibility index (Phi) is 1.35. The summed E-state index contributed by atoms with van der Waals surface area (Å²) in [5, 5.41) is 4.76. The topological polar surface area (TPSA) is 38.9 Å². The fourth-order valence-electron chi connectivity index (χ4n) is 1.14. The number of aryl methyl sites for hydroxylation is 1. The van der Waals surface area contributed by atoms with E-state index in [9.17, 15) is 0 Å². The summed E-state index contributed by atoms with van der Waals surface area (Å²) in [7, 11) is 0. The van der Waals surface area contributed by atoms with Crippen LogP contribution in [0.2, 0.25) is 0 Å². The number of hydrogen-bond acceptors (Lipinski definition) is 3. The molecule has 0 saturated carbocycles. The normalized spacial score (nSPS) is 10.6. The van der Waals surface area contributed by atoms with Gasteiger partial charge in [0.05, 0.1) is 5.39 Å². The smallest absolute Gasteiger partial charge is 0.202 e. The van der Waals surface area contributed by atoms with Gasteiger partial charge in [0.1, 0.15) is 6.26 Å². The second-order valence-corrected chi connectivity index (χ2v) is 2.38. The number of pyridine rings is 1. The van der Waals surface area contributed by atoms with Crippen molar-refractivity contribution in [2.45, 2.75) is 13.3 Å². The quantitative estimate of drug-likeness (QED) is 0.618. The minimum absolute atomic E-state index is 0.698. The van der Waals surface area contributed by atoms with Crippen molar-refractivity contribution >= 4 is 11.0 Å². The maximum atomic E-state index is 4.79. The summed E-state index contributed by atoms with van der Waals surface area (Å²) in [6.45, 7) is 2.10. The molecule has 11 heavy (non-hydrogen) atoms. The number of rotatable bonds is 1. The summed E-state index contributed by atoms with van der Waals surface area (Å²) < 4.78 is 4.79. The van der Waals surface area contributed by atoms with Crippen molar-refractivity contribution in [2.75, 3.05) is 0 Å². The molecule has 0 bridgehead atoms. The molecule has 2 rings (SSSR count). The van der Waals surface area contributed by atoms with Crippen LogP contribution in [0, 0.1) is 0 Å². The summed E-state index contributed by atoms with van der Waals surface area (Å²) >= 11 is 0. The second kappa shape index (κ2) is 2.34. The van der Waals surface area contributed by atoms with Gasteiger partial charge >= 0.3 is 0 Å². The first-order valence-corrected chi connectivity index (χ1v) is 3.60. The number of fused-ring (bicyclic) bond motifs is 1. The lowest BCUT2D eigenvalue weighted by molar-refractivity contribution is 0.426. The maximum Gasteiger partial charge on any atom is 0.202 e. The Morgan fingerprint density at radius 2 is 2.45 bits per heavy atom. The molecule has 3 nitrogen and oxygen atoms in total.